The van der Waals surface area contributed by atoms with E-state index in [-0.39, 0.29) is 12.7 Å². The molecule has 5 heteroatoms. The molecule has 0 unspecified atom stereocenters. The third-order valence-corrected chi connectivity index (χ3v) is 2.63. The van der Waals surface area contributed by atoms with Crippen molar-refractivity contribution >= 4 is 5.91 Å². The molecular weight excluding hydrogens is 232 g/mol. The number of hydrogen-bond acceptors (Lipinski definition) is 4. The molecular formula is C13H18N2O3. The average molecular weight is 250 g/mol. The summed E-state index contributed by atoms with van der Waals surface area (Å²) < 4.78 is 10.6. The van der Waals surface area contributed by atoms with Crippen LogP contribution >= 0.6 is 0 Å². The Balaban J connectivity index is 1.87. The van der Waals surface area contributed by atoms with Gasteiger partial charge in [0.2, 0.25) is 12.7 Å². The van der Waals surface area contributed by atoms with E-state index in [1.807, 2.05) is 32.0 Å². The molecule has 0 bridgehead atoms. The molecule has 0 radical (unpaired) electrons. The Labute approximate surface area is 106 Å². The van der Waals surface area contributed by atoms with Crippen molar-refractivity contribution in [3.05, 3.63) is 23.8 Å². The van der Waals surface area contributed by atoms with Gasteiger partial charge in [-0.15, -0.1) is 0 Å². The fraction of sp³-hybridized carbons (Fsp3) is 0.462. The highest BCUT2D eigenvalue weighted by Crippen LogP contribution is 2.35. The number of carbonyl (C=O) groups excluding carboxylic acids is 1. The summed E-state index contributed by atoms with van der Waals surface area (Å²) in [5, 5.41) is 5.91. The van der Waals surface area contributed by atoms with Crippen LogP contribution in [-0.4, -0.2) is 25.3 Å². The first-order valence-electron chi connectivity index (χ1n) is 6.04. The second-order valence-electron chi connectivity index (χ2n) is 4.46. The Morgan fingerprint density at radius 2 is 2.22 bits per heavy atom. The van der Waals surface area contributed by atoms with Crippen molar-refractivity contribution in [2.45, 2.75) is 26.4 Å². The van der Waals surface area contributed by atoms with Gasteiger partial charge in [-0.3, -0.25) is 4.79 Å². The van der Waals surface area contributed by atoms with Crippen LogP contribution in [-0.2, 0) is 11.3 Å². The van der Waals surface area contributed by atoms with Gasteiger partial charge in [-0.2, -0.15) is 0 Å². The molecule has 1 heterocycles. The van der Waals surface area contributed by atoms with E-state index in [2.05, 4.69) is 10.6 Å². The summed E-state index contributed by atoms with van der Waals surface area (Å²) >= 11 is 0. The number of hydrogen-bond donors (Lipinski definition) is 2. The van der Waals surface area contributed by atoms with E-state index in [0.717, 1.165) is 17.1 Å². The third kappa shape index (κ3) is 3.13. The van der Waals surface area contributed by atoms with E-state index in [1.54, 1.807) is 0 Å². The summed E-state index contributed by atoms with van der Waals surface area (Å²) in [7, 11) is 0. The standard InChI is InChI=1S/C13H18N2O3/c1-9(2)14-7-12(16)15-6-10-4-3-5-11-13(10)18-8-17-11/h3-5,9,14H,6-8H2,1-2H3,(H,15,16). The summed E-state index contributed by atoms with van der Waals surface area (Å²) in [6.45, 7) is 5.02. The second-order valence-corrected chi connectivity index (χ2v) is 4.46. The van der Waals surface area contributed by atoms with Gasteiger partial charge >= 0.3 is 0 Å². The quantitative estimate of drug-likeness (QED) is 0.819. The van der Waals surface area contributed by atoms with Crippen molar-refractivity contribution < 1.29 is 14.3 Å². The number of fused-ring (bicyclic) bond motifs is 1. The molecule has 1 amide bonds. The molecule has 1 aliphatic rings. The maximum Gasteiger partial charge on any atom is 0.234 e. The molecule has 5 nitrogen and oxygen atoms in total. The Morgan fingerprint density at radius 3 is 3.00 bits per heavy atom. The first-order valence-corrected chi connectivity index (χ1v) is 6.04. The predicted molar refractivity (Wildman–Crippen MR) is 67.6 cm³/mol. The summed E-state index contributed by atoms with van der Waals surface area (Å²) in [5.41, 5.74) is 0.933. The molecule has 1 aromatic rings. The zero-order chi connectivity index (χ0) is 13.0. The minimum atomic E-state index is -0.0276. The third-order valence-electron chi connectivity index (χ3n) is 2.63. The molecule has 0 aromatic heterocycles. The average Bonchev–Trinajstić information content (AvgIpc) is 2.82. The highest BCUT2D eigenvalue weighted by atomic mass is 16.7. The van der Waals surface area contributed by atoms with Crippen LogP contribution in [0.5, 0.6) is 11.5 Å². The Morgan fingerprint density at radius 1 is 1.39 bits per heavy atom. The first-order chi connectivity index (χ1) is 8.66. The maximum atomic E-state index is 11.6. The van der Waals surface area contributed by atoms with Crippen molar-refractivity contribution in [1.29, 1.82) is 0 Å². The van der Waals surface area contributed by atoms with Gasteiger partial charge in [-0.1, -0.05) is 26.0 Å². The number of ether oxygens (including phenoxy) is 2. The normalized spacial score (nSPS) is 12.8. The van der Waals surface area contributed by atoms with E-state index in [1.165, 1.54) is 0 Å². The number of nitrogens with one attached hydrogen (secondary N) is 2. The van der Waals surface area contributed by atoms with Gasteiger partial charge in [0.25, 0.3) is 0 Å². The summed E-state index contributed by atoms with van der Waals surface area (Å²) in [6.07, 6.45) is 0. The van der Waals surface area contributed by atoms with Crippen molar-refractivity contribution in [2.75, 3.05) is 13.3 Å². The molecule has 2 rings (SSSR count). The second kappa shape index (κ2) is 5.73. The fourth-order valence-corrected chi connectivity index (χ4v) is 1.68. The van der Waals surface area contributed by atoms with Crippen LogP contribution in [0.25, 0.3) is 0 Å². The van der Waals surface area contributed by atoms with Gasteiger partial charge in [-0.25, -0.2) is 0 Å². The van der Waals surface area contributed by atoms with Gasteiger partial charge < -0.3 is 20.1 Å². The van der Waals surface area contributed by atoms with E-state index < -0.39 is 0 Å². The highest BCUT2D eigenvalue weighted by molar-refractivity contribution is 5.78. The number of rotatable bonds is 5. The van der Waals surface area contributed by atoms with Crippen LogP contribution in [0, 0.1) is 0 Å². The van der Waals surface area contributed by atoms with Crippen LogP contribution in [0.4, 0.5) is 0 Å². The van der Waals surface area contributed by atoms with Gasteiger partial charge in [0.05, 0.1) is 6.54 Å². The van der Waals surface area contributed by atoms with Crippen molar-refractivity contribution in [1.82, 2.24) is 10.6 Å². The Kier molecular flexibility index (Phi) is 4.04. The molecule has 0 aliphatic carbocycles. The highest BCUT2D eigenvalue weighted by Gasteiger charge is 2.17. The smallest absolute Gasteiger partial charge is 0.234 e. The van der Waals surface area contributed by atoms with Crippen LogP contribution in [0.15, 0.2) is 18.2 Å². The molecule has 1 aliphatic heterocycles. The van der Waals surface area contributed by atoms with Crippen molar-refractivity contribution in [3.8, 4) is 11.5 Å². The molecule has 0 atom stereocenters. The van der Waals surface area contributed by atoms with E-state index >= 15 is 0 Å². The molecule has 98 valence electrons. The summed E-state index contributed by atoms with van der Waals surface area (Å²) in [4.78, 5) is 11.6. The van der Waals surface area contributed by atoms with E-state index in [4.69, 9.17) is 9.47 Å². The maximum absolute atomic E-state index is 11.6. The monoisotopic (exact) mass is 250 g/mol. The topological polar surface area (TPSA) is 59.6 Å². The zero-order valence-corrected chi connectivity index (χ0v) is 10.7. The van der Waals surface area contributed by atoms with Gasteiger partial charge in [-0.05, 0) is 6.07 Å². The van der Waals surface area contributed by atoms with Crippen molar-refractivity contribution in [3.63, 3.8) is 0 Å². The van der Waals surface area contributed by atoms with E-state index in [9.17, 15) is 4.79 Å². The summed E-state index contributed by atoms with van der Waals surface area (Å²) in [6, 6.07) is 5.97. The molecule has 0 saturated heterocycles. The molecule has 18 heavy (non-hydrogen) atoms. The lowest BCUT2D eigenvalue weighted by Gasteiger charge is -2.10. The Hall–Kier alpha value is -1.75. The van der Waals surface area contributed by atoms with Crippen LogP contribution in [0.2, 0.25) is 0 Å². The summed E-state index contributed by atoms with van der Waals surface area (Å²) in [5.74, 6) is 1.44. The molecule has 0 spiro atoms. The van der Waals surface area contributed by atoms with Crippen LogP contribution < -0.4 is 20.1 Å². The Bertz CT molecular complexity index is 432. The van der Waals surface area contributed by atoms with Gasteiger partial charge in [0.15, 0.2) is 11.5 Å². The number of amides is 1. The zero-order valence-electron chi connectivity index (χ0n) is 10.7. The molecule has 0 fully saturated rings. The minimum absolute atomic E-state index is 0.0276. The first kappa shape index (κ1) is 12.7. The number of carbonyl (C=O) groups is 1. The van der Waals surface area contributed by atoms with Crippen LogP contribution in [0.1, 0.15) is 19.4 Å². The SMILES string of the molecule is CC(C)NCC(=O)NCc1cccc2c1OCO2. The van der Waals surface area contributed by atoms with Crippen molar-refractivity contribution in [2.24, 2.45) is 0 Å². The largest absolute Gasteiger partial charge is 0.454 e. The lowest BCUT2D eigenvalue weighted by molar-refractivity contribution is -0.120. The number of benzene rings is 1. The lowest BCUT2D eigenvalue weighted by Crippen LogP contribution is -2.36. The molecule has 2 N–H and O–H groups in total. The molecule has 0 saturated carbocycles. The van der Waals surface area contributed by atoms with E-state index in [0.29, 0.717) is 19.1 Å². The minimum Gasteiger partial charge on any atom is -0.454 e. The lowest BCUT2D eigenvalue weighted by atomic mass is 10.2. The van der Waals surface area contributed by atoms with Gasteiger partial charge in [0.1, 0.15) is 0 Å². The van der Waals surface area contributed by atoms with Crippen LogP contribution in [0.3, 0.4) is 0 Å². The fourth-order valence-electron chi connectivity index (χ4n) is 1.68. The number of para-hydroxylation sites is 1. The predicted octanol–water partition coefficient (Wildman–Crippen LogP) is 1.03. The molecule has 1 aromatic carbocycles. The van der Waals surface area contributed by atoms with Gasteiger partial charge in [0, 0.05) is 18.2 Å².